The quantitative estimate of drug-likeness (QED) is 0.933. The van der Waals surface area contributed by atoms with Crippen molar-refractivity contribution in [3.63, 3.8) is 0 Å². The van der Waals surface area contributed by atoms with Crippen LogP contribution in [0.15, 0.2) is 22.7 Å². The standard InChI is InChI=1S/C15H17N3O3/c1-9-5-4-8-12(16-9)13-17-14(21-18-13)10-6-2-3-7-11(10)15(19)20/h4-5,8,10-11H,2-3,6-7H2,1H3,(H,19,20). The smallest absolute Gasteiger partial charge is 0.307 e. The van der Waals surface area contributed by atoms with Gasteiger partial charge >= 0.3 is 5.97 Å². The maximum absolute atomic E-state index is 11.4. The van der Waals surface area contributed by atoms with Crippen LogP contribution in [0.3, 0.4) is 0 Å². The summed E-state index contributed by atoms with van der Waals surface area (Å²) < 4.78 is 5.31. The third-order valence-corrected chi connectivity index (χ3v) is 3.96. The molecule has 0 amide bonds. The lowest BCUT2D eigenvalue weighted by molar-refractivity contribution is -0.143. The highest BCUT2D eigenvalue weighted by molar-refractivity contribution is 5.71. The first-order valence-corrected chi connectivity index (χ1v) is 7.15. The summed E-state index contributed by atoms with van der Waals surface area (Å²) in [6, 6.07) is 5.59. The molecule has 6 nitrogen and oxygen atoms in total. The first-order valence-electron chi connectivity index (χ1n) is 7.15. The van der Waals surface area contributed by atoms with Gasteiger partial charge in [-0.3, -0.25) is 4.79 Å². The van der Waals surface area contributed by atoms with E-state index in [1.807, 2.05) is 25.1 Å². The van der Waals surface area contributed by atoms with Gasteiger partial charge in [-0.05, 0) is 31.9 Å². The molecule has 6 heteroatoms. The summed E-state index contributed by atoms with van der Waals surface area (Å²) in [6.07, 6.45) is 3.38. The fourth-order valence-corrected chi connectivity index (χ4v) is 2.88. The largest absolute Gasteiger partial charge is 0.481 e. The summed E-state index contributed by atoms with van der Waals surface area (Å²) in [7, 11) is 0. The maximum Gasteiger partial charge on any atom is 0.307 e. The first-order chi connectivity index (χ1) is 10.1. The van der Waals surface area contributed by atoms with E-state index in [1.54, 1.807) is 0 Å². The number of aliphatic carboxylic acids is 1. The second-order valence-electron chi connectivity index (χ2n) is 5.46. The number of pyridine rings is 1. The van der Waals surface area contributed by atoms with Crippen molar-refractivity contribution in [1.82, 2.24) is 15.1 Å². The average Bonchev–Trinajstić information content (AvgIpc) is 2.97. The van der Waals surface area contributed by atoms with Crippen LogP contribution in [0.25, 0.3) is 11.5 Å². The lowest BCUT2D eigenvalue weighted by atomic mass is 9.79. The summed E-state index contributed by atoms with van der Waals surface area (Å²) >= 11 is 0. The third kappa shape index (κ3) is 2.79. The van der Waals surface area contributed by atoms with E-state index in [0.717, 1.165) is 25.0 Å². The molecular weight excluding hydrogens is 270 g/mol. The molecular formula is C15H17N3O3. The Labute approximate surface area is 122 Å². The number of carboxylic acid groups (broad SMARTS) is 1. The van der Waals surface area contributed by atoms with Gasteiger partial charge in [-0.2, -0.15) is 4.98 Å². The number of carbonyl (C=O) groups is 1. The molecule has 0 saturated heterocycles. The predicted octanol–water partition coefficient (Wildman–Crippen LogP) is 2.80. The topological polar surface area (TPSA) is 89.1 Å². The predicted molar refractivity (Wildman–Crippen MR) is 74.6 cm³/mol. The molecule has 2 aromatic heterocycles. The molecule has 2 heterocycles. The van der Waals surface area contributed by atoms with Gasteiger partial charge in [-0.1, -0.05) is 24.1 Å². The molecule has 0 aromatic carbocycles. The van der Waals surface area contributed by atoms with E-state index in [0.29, 0.717) is 23.8 Å². The van der Waals surface area contributed by atoms with Crippen molar-refractivity contribution in [2.45, 2.75) is 38.5 Å². The minimum Gasteiger partial charge on any atom is -0.481 e. The monoisotopic (exact) mass is 287 g/mol. The van der Waals surface area contributed by atoms with Gasteiger partial charge in [0.15, 0.2) is 0 Å². The Bertz CT molecular complexity index is 653. The third-order valence-electron chi connectivity index (χ3n) is 3.96. The number of rotatable bonds is 3. The zero-order valence-electron chi connectivity index (χ0n) is 11.8. The van der Waals surface area contributed by atoms with Crippen LogP contribution < -0.4 is 0 Å². The van der Waals surface area contributed by atoms with Crippen LogP contribution in [0, 0.1) is 12.8 Å². The number of aryl methyl sites for hydroxylation is 1. The second kappa shape index (κ2) is 5.63. The Morgan fingerprint density at radius 3 is 2.86 bits per heavy atom. The van der Waals surface area contributed by atoms with E-state index in [2.05, 4.69) is 15.1 Å². The maximum atomic E-state index is 11.4. The summed E-state index contributed by atoms with van der Waals surface area (Å²) in [5.74, 6) is -0.572. The zero-order chi connectivity index (χ0) is 14.8. The number of hydrogen-bond donors (Lipinski definition) is 1. The molecule has 0 aliphatic heterocycles. The van der Waals surface area contributed by atoms with Crippen molar-refractivity contribution < 1.29 is 14.4 Å². The van der Waals surface area contributed by atoms with Gasteiger partial charge in [0, 0.05) is 5.69 Å². The Balaban J connectivity index is 1.88. The molecule has 1 saturated carbocycles. The molecule has 110 valence electrons. The zero-order valence-corrected chi connectivity index (χ0v) is 11.8. The molecule has 3 rings (SSSR count). The molecule has 1 aliphatic carbocycles. The van der Waals surface area contributed by atoms with Gasteiger partial charge in [0.1, 0.15) is 5.69 Å². The van der Waals surface area contributed by atoms with Crippen LogP contribution in [-0.2, 0) is 4.79 Å². The van der Waals surface area contributed by atoms with Gasteiger partial charge in [-0.15, -0.1) is 0 Å². The Morgan fingerprint density at radius 2 is 2.10 bits per heavy atom. The average molecular weight is 287 g/mol. The summed E-state index contributed by atoms with van der Waals surface area (Å²) in [5, 5.41) is 13.3. The van der Waals surface area contributed by atoms with E-state index in [1.165, 1.54) is 0 Å². The van der Waals surface area contributed by atoms with Crippen LogP contribution in [0.5, 0.6) is 0 Å². The molecule has 2 aromatic rings. The molecule has 21 heavy (non-hydrogen) atoms. The van der Waals surface area contributed by atoms with Crippen LogP contribution in [0.1, 0.15) is 43.2 Å². The molecule has 0 spiro atoms. The van der Waals surface area contributed by atoms with Crippen molar-refractivity contribution in [3.8, 4) is 11.5 Å². The van der Waals surface area contributed by atoms with E-state index in [9.17, 15) is 9.90 Å². The second-order valence-corrected chi connectivity index (χ2v) is 5.46. The first kappa shape index (κ1) is 13.7. The molecule has 1 aliphatic rings. The summed E-state index contributed by atoms with van der Waals surface area (Å²) in [4.78, 5) is 20.1. The van der Waals surface area contributed by atoms with Gasteiger partial charge in [-0.25, -0.2) is 4.98 Å². The van der Waals surface area contributed by atoms with E-state index in [-0.39, 0.29) is 5.92 Å². The summed E-state index contributed by atoms with van der Waals surface area (Å²) in [5.41, 5.74) is 1.52. The van der Waals surface area contributed by atoms with Gasteiger partial charge in [0.2, 0.25) is 11.7 Å². The summed E-state index contributed by atoms with van der Waals surface area (Å²) in [6.45, 7) is 1.89. The Kier molecular flexibility index (Phi) is 3.68. The van der Waals surface area contributed by atoms with E-state index < -0.39 is 11.9 Å². The van der Waals surface area contributed by atoms with Gasteiger partial charge in [0.25, 0.3) is 0 Å². The minimum absolute atomic E-state index is 0.192. The highest BCUT2D eigenvalue weighted by Gasteiger charge is 2.35. The van der Waals surface area contributed by atoms with Crippen LogP contribution in [0.2, 0.25) is 0 Å². The van der Waals surface area contributed by atoms with Crippen LogP contribution in [0.4, 0.5) is 0 Å². The number of nitrogens with zero attached hydrogens (tertiary/aromatic N) is 3. The molecule has 0 bridgehead atoms. The van der Waals surface area contributed by atoms with Crippen LogP contribution >= 0.6 is 0 Å². The SMILES string of the molecule is Cc1cccc(-c2noc(C3CCCCC3C(=O)O)n2)n1. The van der Waals surface area contributed by atoms with Crippen molar-refractivity contribution in [1.29, 1.82) is 0 Å². The van der Waals surface area contributed by atoms with Crippen LogP contribution in [-0.4, -0.2) is 26.2 Å². The number of hydrogen-bond acceptors (Lipinski definition) is 5. The van der Waals surface area contributed by atoms with Crippen molar-refractivity contribution in [2.75, 3.05) is 0 Å². The molecule has 1 fully saturated rings. The molecule has 2 atom stereocenters. The van der Waals surface area contributed by atoms with E-state index >= 15 is 0 Å². The Hall–Kier alpha value is -2.24. The fraction of sp³-hybridized carbons (Fsp3) is 0.467. The lowest BCUT2D eigenvalue weighted by Gasteiger charge is -2.25. The number of carboxylic acids is 1. The minimum atomic E-state index is -0.784. The number of aromatic nitrogens is 3. The highest BCUT2D eigenvalue weighted by atomic mass is 16.5. The van der Waals surface area contributed by atoms with Gasteiger partial charge < -0.3 is 9.63 Å². The molecule has 1 N–H and O–H groups in total. The molecule has 2 unspecified atom stereocenters. The highest BCUT2D eigenvalue weighted by Crippen LogP contribution is 2.37. The Morgan fingerprint density at radius 1 is 1.29 bits per heavy atom. The van der Waals surface area contributed by atoms with E-state index in [4.69, 9.17) is 4.52 Å². The van der Waals surface area contributed by atoms with Crippen molar-refractivity contribution >= 4 is 5.97 Å². The fourth-order valence-electron chi connectivity index (χ4n) is 2.88. The normalized spacial score (nSPS) is 22.1. The van der Waals surface area contributed by atoms with Crippen molar-refractivity contribution in [2.24, 2.45) is 5.92 Å². The van der Waals surface area contributed by atoms with Crippen molar-refractivity contribution in [3.05, 3.63) is 29.8 Å². The lowest BCUT2D eigenvalue weighted by Crippen LogP contribution is -2.25. The molecule has 0 radical (unpaired) electrons. The van der Waals surface area contributed by atoms with Gasteiger partial charge in [0.05, 0.1) is 11.8 Å².